The van der Waals surface area contributed by atoms with Crippen LogP contribution >= 0.6 is 0 Å². The fraction of sp³-hybridized carbons (Fsp3) is 0.290. The fourth-order valence-electron chi connectivity index (χ4n) is 3.60. The van der Waals surface area contributed by atoms with Crippen LogP contribution in [0.3, 0.4) is 0 Å². The second kappa shape index (κ2) is 14.5. The summed E-state index contributed by atoms with van der Waals surface area (Å²) < 4.78 is 16.0. The van der Waals surface area contributed by atoms with Gasteiger partial charge in [-0.2, -0.15) is 0 Å². The van der Waals surface area contributed by atoms with Crippen molar-refractivity contribution in [3.63, 3.8) is 0 Å². The van der Waals surface area contributed by atoms with E-state index in [1.165, 1.54) is 12.1 Å². The molecule has 9 heteroatoms. The van der Waals surface area contributed by atoms with E-state index in [1.807, 2.05) is 39.8 Å². The van der Waals surface area contributed by atoms with Gasteiger partial charge in [-0.25, -0.2) is 4.79 Å². The number of benzene rings is 3. The Morgan fingerprint density at radius 1 is 0.700 bits per heavy atom. The van der Waals surface area contributed by atoms with Crippen molar-refractivity contribution in [1.82, 2.24) is 0 Å². The number of rotatable bonds is 12. The van der Waals surface area contributed by atoms with Gasteiger partial charge in [0.15, 0.2) is 6.61 Å². The summed E-state index contributed by atoms with van der Waals surface area (Å²) in [5.41, 5.74) is 3.57. The number of carbonyl (C=O) groups is 4. The molecule has 210 valence electrons. The van der Waals surface area contributed by atoms with Gasteiger partial charge < -0.3 is 24.8 Å². The number of esters is 2. The Bertz CT molecular complexity index is 1310. The molecule has 0 saturated heterocycles. The summed E-state index contributed by atoms with van der Waals surface area (Å²) in [4.78, 5) is 48.3. The number of aryl methyl sites for hydroxylation is 2. The second-order valence-electron chi connectivity index (χ2n) is 9.78. The van der Waals surface area contributed by atoms with Crippen molar-refractivity contribution in [3.05, 3.63) is 83.4 Å². The first-order valence-corrected chi connectivity index (χ1v) is 13.0. The molecule has 2 N–H and O–H groups in total. The van der Waals surface area contributed by atoms with Gasteiger partial charge in [0, 0.05) is 17.8 Å². The third-order valence-corrected chi connectivity index (χ3v) is 5.44. The molecule has 0 aliphatic rings. The van der Waals surface area contributed by atoms with Crippen LogP contribution in [0, 0.1) is 19.8 Å². The number of hydrogen-bond acceptors (Lipinski definition) is 7. The van der Waals surface area contributed by atoms with Crippen molar-refractivity contribution in [2.75, 3.05) is 23.8 Å². The highest BCUT2D eigenvalue weighted by molar-refractivity contribution is 5.95. The van der Waals surface area contributed by atoms with E-state index in [-0.39, 0.29) is 24.7 Å². The monoisotopic (exact) mass is 546 g/mol. The minimum Gasteiger partial charge on any atom is -0.462 e. The van der Waals surface area contributed by atoms with Crippen molar-refractivity contribution in [2.24, 2.45) is 5.92 Å². The Labute approximate surface area is 233 Å². The molecule has 0 heterocycles. The molecule has 0 bridgehead atoms. The Kier molecular flexibility index (Phi) is 10.8. The smallest absolute Gasteiger partial charge is 0.338 e. The molecule has 0 radical (unpaired) electrons. The first-order valence-electron chi connectivity index (χ1n) is 13.0. The van der Waals surface area contributed by atoms with E-state index in [4.69, 9.17) is 14.2 Å². The summed E-state index contributed by atoms with van der Waals surface area (Å²) in [6.45, 7) is 7.70. The molecular weight excluding hydrogens is 512 g/mol. The van der Waals surface area contributed by atoms with E-state index >= 15 is 0 Å². The highest BCUT2D eigenvalue weighted by atomic mass is 16.5. The molecule has 0 aromatic heterocycles. The SMILES string of the molecule is Cc1cc(C)cc(Oc2ccc(NC(=O)CCC(=O)OCC(=O)Nc3ccc(C(=O)OCC(C)C)cc3)cc2)c1. The molecule has 0 spiro atoms. The zero-order valence-corrected chi connectivity index (χ0v) is 23.1. The van der Waals surface area contributed by atoms with Crippen LogP contribution in [0.25, 0.3) is 0 Å². The third-order valence-electron chi connectivity index (χ3n) is 5.44. The van der Waals surface area contributed by atoms with Gasteiger partial charge in [0.2, 0.25) is 5.91 Å². The summed E-state index contributed by atoms with van der Waals surface area (Å²) >= 11 is 0. The number of amides is 2. The number of hydrogen-bond donors (Lipinski definition) is 2. The molecule has 3 aromatic carbocycles. The summed E-state index contributed by atoms with van der Waals surface area (Å²) in [5.74, 6) is -0.433. The molecule has 0 aliphatic carbocycles. The van der Waals surface area contributed by atoms with Gasteiger partial charge in [0.1, 0.15) is 11.5 Å². The average molecular weight is 547 g/mol. The maximum atomic E-state index is 12.2. The molecule has 3 aromatic rings. The number of nitrogens with one attached hydrogen (secondary N) is 2. The van der Waals surface area contributed by atoms with Crippen molar-refractivity contribution in [2.45, 2.75) is 40.5 Å². The Hall–Kier alpha value is -4.66. The molecule has 0 aliphatic heterocycles. The lowest BCUT2D eigenvalue weighted by molar-refractivity contribution is -0.147. The number of ether oxygens (including phenoxy) is 3. The Morgan fingerprint density at radius 3 is 1.88 bits per heavy atom. The van der Waals surface area contributed by atoms with Gasteiger partial charge in [-0.3, -0.25) is 14.4 Å². The van der Waals surface area contributed by atoms with E-state index < -0.39 is 24.5 Å². The van der Waals surface area contributed by atoms with E-state index in [0.29, 0.717) is 29.3 Å². The lowest BCUT2D eigenvalue weighted by Crippen LogP contribution is -2.21. The van der Waals surface area contributed by atoms with E-state index in [0.717, 1.165) is 16.9 Å². The highest BCUT2D eigenvalue weighted by Gasteiger charge is 2.12. The molecule has 0 fully saturated rings. The van der Waals surface area contributed by atoms with Crippen LogP contribution in [-0.4, -0.2) is 37.0 Å². The van der Waals surface area contributed by atoms with E-state index in [1.54, 1.807) is 36.4 Å². The standard InChI is InChI=1S/C31H34N2O7/c1-20(2)18-39-31(37)23-5-7-24(8-6-23)33-29(35)19-38-30(36)14-13-28(34)32-25-9-11-26(12-10-25)40-27-16-21(3)15-22(4)17-27/h5-12,15-17,20H,13-14,18-19H2,1-4H3,(H,32,34)(H,33,35). The molecule has 0 atom stereocenters. The van der Waals surface area contributed by atoms with Gasteiger partial charge in [-0.1, -0.05) is 19.9 Å². The molecular formula is C31H34N2O7. The largest absolute Gasteiger partial charge is 0.462 e. The summed E-state index contributed by atoms with van der Waals surface area (Å²) in [5, 5.41) is 5.29. The van der Waals surface area contributed by atoms with Crippen LogP contribution in [0.5, 0.6) is 11.5 Å². The topological polar surface area (TPSA) is 120 Å². The van der Waals surface area contributed by atoms with Crippen molar-refractivity contribution in [3.8, 4) is 11.5 Å². The van der Waals surface area contributed by atoms with E-state index in [9.17, 15) is 19.2 Å². The van der Waals surface area contributed by atoms with Crippen molar-refractivity contribution >= 4 is 35.1 Å². The van der Waals surface area contributed by atoms with E-state index in [2.05, 4.69) is 16.7 Å². The zero-order valence-electron chi connectivity index (χ0n) is 23.1. The summed E-state index contributed by atoms with van der Waals surface area (Å²) in [7, 11) is 0. The molecule has 9 nitrogen and oxygen atoms in total. The van der Waals surface area contributed by atoms with Crippen LogP contribution in [0.2, 0.25) is 0 Å². The van der Waals surface area contributed by atoms with Crippen LogP contribution < -0.4 is 15.4 Å². The number of anilines is 2. The summed E-state index contributed by atoms with van der Waals surface area (Å²) in [6.07, 6.45) is -0.282. The first kappa shape index (κ1) is 29.9. The zero-order chi connectivity index (χ0) is 29.1. The molecule has 2 amide bonds. The van der Waals surface area contributed by atoms with Crippen LogP contribution in [0.1, 0.15) is 48.2 Å². The molecule has 3 rings (SSSR count). The van der Waals surface area contributed by atoms with Crippen LogP contribution in [0.15, 0.2) is 66.7 Å². The predicted molar refractivity (Wildman–Crippen MR) is 151 cm³/mol. The van der Waals surface area contributed by atoms with Crippen molar-refractivity contribution < 1.29 is 33.4 Å². The molecule has 40 heavy (non-hydrogen) atoms. The third kappa shape index (κ3) is 10.2. The highest BCUT2D eigenvalue weighted by Crippen LogP contribution is 2.25. The maximum absolute atomic E-state index is 12.2. The average Bonchev–Trinajstić information content (AvgIpc) is 2.90. The van der Waals surface area contributed by atoms with Crippen LogP contribution in [-0.2, 0) is 23.9 Å². The summed E-state index contributed by atoms with van der Waals surface area (Å²) in [6, 6.07) is 19.0. The normalized spacial score (nSPS) is 10.5. The predicted octanol–water partition coefficient (Wildman–Crippen LogP) is 5.81. The van der Waals surface area contributed by atoms with Gasteiger partial charge in [0.05, 0.1) is 18.6 Å². The van der Waals surface area contributed by atoms with Gasteiger partial charge >= 0.3 is 11.9 Å². The fourth-order valence-corrected chi connectivity index (χ4v) is 3.60. The Morgan fingerprint density at radius 2 is 1.27 bits per heavy atom. The molecule has 0 saturated carbocycles. The lowest BCUT2D eigenvalue weighted by atomic mass is 10.1. The minimum absolute atomic E-state index is 0.102. The maximum Gasteiger partial charge on any atom is 0.338 e. The quantitative estimate of drug-likeness (QED) is 0.275. The Balaban J connectivity index is 1.35. The van der Waals surface area contributed by atoms with Gasteiger partial charge in [0.25, 0.3) is 5.91 Å². The lowest BCUT2D eigenvalue weighted by Gasteiger charge is -2.10. The van der Waals surface area contributed by atoms with Gasteiger partial charge in [-0.05, 0) is 91.6 Å². The minimum atomic E-state index is -0.675. The number of carbonyl (C=O) groups excluding carboxylic acids is 4. The van der Waals surface area contributed by atoms with Gasteiger partial charge in [-0.15, -0.1) is 0 Å². The van der Waals surface area contributed by atoms with Crippen LogP contribution in [0.4, 0.5) is 11.4 Å². The molecule has 0 unspecified atom stereocenters. The van der Waals surface area contributed by atoms with Crippen molar-refractivity contribution in [1.29, 1.82) is 0 Å². The first-order chi connectivity index (χ1) is 19.1. The second-order valence-corrected chi connectivity index (χ2v) is 9.78.